The average molecular weight is 539 g/mol. The van der Waals surface area contributed by atoms with Crippen molar-refractivity contribution in [3.05, 3.63) is 0 Å². The zero-order valence-electron chi connectivity index (χ0n) is 22.5. The van der Waals surface area contributed by atoms with E-state index in [0.717, 1.165) is 12.8 Å². The molecule has 1 aliphatic carbocycles. The maximum absolute atomic E-state index is 12.5. The van der Waals surface area contributed by atoms with Gasteiger partial charge >= 0.3 is 12.7 Å². The van der Waals surface area contributed by atoms with Crippen LogP contribution < -0.4 is 10.6 Å². The molecule has 1 fully saturated rings. The van der Waals surface area contributed by atoms with Crippen LogP contribution in [0.3, 0.4) is 0 Å². The Bertz CT molecular complexity index is 600. The van der Waals surface area contributed by atoms with E-state index in [-0.39, 0.29) is 18.0 Å². The summed E-state index contributed by atoms with van der Waals surface area (Å²) >= 11 is 5.02. The summed E-state index contributed by atoms with van der Waals surface area (Å²) < 4.78 is 21.5. The fourth-order valence-electron chi connectivity index (χ4n) is 4.82. The molecular weight excluding hydrogens is 487 g/mol. The zero-order valence-corrected chi connectivity index (χ0v) is 24.2. The highest BCUT2D eigenvalue weighted by atomic mass is 32.5. The van der Waals surface area contributed by atoms with Gasteiger partial charge in [-0.1, -0.05) is 84.0 Å². The van der Waals surface area contributed by atoms with Crippen LogP contribution in [0.4, 0.5) is 4.79 Å². The monoisotopic (exact) mass is 538 g/mol. The molecule has 1 aliphatic rings. The van der Waals surface area contributed by atoms with E-state index < -0.39 is 18.9 Å². The molecule has 8 nitrogen and oxygen atoms in total. The number of carbonyl (C=O) groups is 1. The number of ether oxygens (including phenoxy) is 2. The van der Waals surface area contributed by atoms with E-state index in [4.69, 9.17) is 30.3 Å². The van der Waals surface area contributed by atoms with E-state index in [1.54, 1.807) is 14.2 Å². The summed E-state index contributed by atoms with van der Waals surface area (Å²) in [5.41, 5.74) is 0. The average Bonchev–Trinajstić information content (AvgIpc) is 3.14. The maximum atomic E-state index is 12.5. The van der Waals surface area contributed by atoms with Crippen molar-refractivity contribution in [3.63, 3.8) is 0 Å². The first-order valence-corrected chi connectivity index (χ1v) is 16.1. The highest BCUT2D eigenvalue weighted by Gasteiger charge is 2.47. The summed E-state index contributed by atoms with van der Waals surface area (Å²) in [6.07, 6.45) is 16.5. The van der Waals surface area contributed by atoms with Crippen LogP contribution in [-0.4, -0.2) is 63.7 Å². The Kier molecular flexibility index (Phi) is 18.5. The first kappa shape index (κ1) is 32.7. The largest absolute Gasteiger partial charge is 0.384 e. The SMILES string of the molecule is CCCCCCCCCCCCCCCNC(=O)N[C@H]1C[C@H](COC)C(OP(O)(=S)OC)[C@@H]1OC. The lowest BCUT2D eigenvalue weighted by Crippen LogP contribution is -2.48. The van der Waals surface area contributed by atoms with Crippen LogP contribution in [0.25, 0.3) is 0 Å². The first-order chi connectivity index (χ1) is 16.9. The normalized spacial score (nSPS) is 23.8. The maximum Gasteiger partial charge on any atom is 0.324 e. The van der Waals surface area contributed by atoms with Crippen LogP contribution >= 0.6 is 6.72 Å². The number of amides is 2. The van der Waals surface area contributed by atoms with E-state index >= 15 is 0 Å². The van der Waals surface area contributed by atoms with E-state index in [1.807, 2.05) is 0 Å². The molecule has 0 aliphatic heterocycles. The fourth-order valence-corrected chi connectivity index (χ4v) is 5.80. The molecule has 2 unspecified atom stereocenters. The standard InChI is InChI=1S/C25H51N2O6PS/c1-5-6-7-8-9-10-11-12-13-14-15-16-17-18-26-25(28)27-22-19-21(20-30-2)23(24(22)31-3)33-34(29,35)32-4/h21-24H,5-20H2,1-4H3,(H,29,35)(H2,26,27,28)/t21-,22+,23?,24-,34?/m1/s1. The number of unbranched alkanes of at least 4 members (excludes halogenated alkanes) is 12. The minimum Gasteiger partial charge on any atom is -0.384 e. The van der Waals surface area contributed by atoms with Crippen molar-refractivity contribution in [1.29, 1.82) is 0 Å². The third-order valence-electron chi connectivity index (χ3n) is 6.76. The second-order valence-corrected chi connectivity index (χ2v) is 12.5. The van der Waals surface area contributed by atoms with Crippen molar-refractivity contribution < 1.29 is 28.2 Å². The van der Waals surface area contributed by atoms with Gasteiger partial charge in [-0.2, -0.15) is 0 Å². The number of nitrogens with one attached hydrogen (secondary N) is 2. The van der Waals surface area contributed by atoms with Crippen LogP contribution in [-0.2, 0) is 30.3 Å². The number of rotatable bonds is 21. The van der Waals surface area contributed by atoms with Gasteiger partial charge in [0.2, 0.25) is 0 Å². The van der Waals surface area contributed by atoms with Crippen molar-refractivity contribution >= 4 is 24.6 Å². The smallest absolute Gasteiger partial charge is 0.324 e. The highest BCUT2D eigenvalue weighted by Crippen LogP contribution is 2.48. The van der Waals surface area contributed by atoms with Crippen molar-refractivity contribution in [2.45, 2.75) is 115 Å². The third-order valence-corrected chi connectivity index (χ3v) is 8.44. The zero-order chi connectivity index (χ0) is 25.9. The molecular formula is C25H51N2O6PS. The van der Waals surface area contributed by atoms with E-state index in [9.17, 15) is 9.69 Å². The van der Waals surface area contributed by atoms with Gasteiger partial charge in [-0.05, 0) is 24.6 Å². The minimum absolute atomic E-state index is 0.0825. The number of urea groups is 1. The van der Waals surface area contributed by atoms with E-state index in [1.165, 1.54) is 77.7 Å². The summed E-state index contributed by atoms with van der Waals surface area (Å²) in [5.74, 6) is -0.0825. The molecule has 35 heavy (non-hydrogen) atoms. The number of methoxy groups -OCH3 is 2. The fraction of sp³-hybridized carbons (Fsp3) is 0.960. The van der Waals surface area contributed by atoms with Crippen molar-refractivity contribution in [2.24, 2.45) is 5.92 Å². The molecule has 0 radical (unpaired) electrons. The van der Waals surface area contributed by atoms with Gasteiger partial charge in [0.25, 0.3) is 0 Å². The van der Waals surface area contributed by atoms with Gasteiger partial charge < -0.3 is 34.0 Å². The van der Waals surface area contributed by atoms with Gasteiger partial charge in [0.15, 0.2) is 0 Å². The molecule has 1 rings (SSSR count). The Labute approximate surface area is 218 Å². The van der Waals surface area contributed by atoms with Crippen LogP contribution in [0.1, 0.15) is 96.8 Å². The second-order valence-electron chi connectivity index (χ2n) is 9.62. The Hall–Kier alpha value is -0.280. The minimum atomic E-state index is -3.37. The van der Waals surface area contributed by atoms with Crippen molar-refractivity contribution in [3.8, 4) is 0 Å². The van der Waals surface area contributed by atoms with Crippen molar-refractivity contribution in [2.75, 3.05) is 34.5 Å². The molecule has 1 saturated carbocycles. The Morgan fingerprint density at radius 3 is 1.94 bits per heavy atom. The second kappa shape index (κ2) is 19.8. The molecule has 0 heterocycles. The molecule has 2 amide bonds. The molecule has 0 aromatic heterocycles. The van der Waals surface area contributed by atoms with Gasteiger partial charge in [-0.15, -0.1) is 0 Å². The van der Waals surface area contributed by atoms with Crippen LogP contribution in [0.5, 0.6) is 0 Å². The Balaban J connectivity index is 2.19. The quantitative estimate of drug-likeness (QED) is 0.128. The van der Waals surface area contributed by atoms with Gasteiger partial charge in [0.05, 0.1) is 12.6 Å². The predicted molar refractivity (Wildman–Crippen MR) is 145 cm³/mol. The molecule has 3 N–H and O–H groups in total. The molecule has 0 bridgehead atoms. The van der Waals surface area contributed by atoms with Crippen LogP contribution in [0.2, 0.25) is 0 Å². The number of hydrogen-bond donors (Lipinski definition) is 3. The summed E-state index contributed by atoms with van der Waals surface area (Å²) in [6, 6.07) is -0.494. The number of hydrogen-bond acceptors (Lipinski definition) is 6. The Morgan fingerprint density at radius 1 is 0.914 bits per heavy atom. The van der Waals surface area contributed by atoms with Gasteiger partial charge in [-0.3, -0.25) is 0 Å². The van der Waals surface area contributed by atoms with Gasteiger partial charge in [0, 0.05) is 33.8 Å². The summed E-state index contributed by atoms with van der Waals surface area (Å²) in [6.45, 7) is -0.0545. The van der Waals surface area contributed by atoms with Crippen molar-refractivity contribution in [1.82, 2.24) is 10.6 Å². The van der Waals surface area contributed by atoms with Crippen LogP contribution in [0.15, 0.2) is 0 Å². The summed E-state index contributed by atoms with van der Waals surface area (Å²) in [4.78, 5) is 22.6. The highest BCUT2D eigenvalue weighted by molar-refractivity contribution is 8.07. The van der Waals surface area contributed by atoms with E-state index in [0.29, 0.717) is 19.6 Å². The van der Waals surface area contributed by atoms with Crippen LogP contribution in [0, 0.1) is 5.92 Å². The van der Waals surface area contributed by atoms with Gasteiger partial charge in [0.1, 0.15) is 12.2 Å². The summed E-state index contributed by atoms with van der Waals surface area (Å²) in [5, 5.41) is 5.94. The molecule has 10 heteroatoms. The topological polar surface area (TPSA) is 98.3 Å². The van der Waals surface area contributed by atoms with E-state index in [2.05, 4.69) is 17.6 Å². The molecule has 0 aromatic carbocycles. The third kappa shape index (κ3) is 14.3. The lowest BCUT2D eigenvalue weighted by molar-refractivity contribution is -0.0212. The first-order valence-electron chi connectivity index (χ1n) is 13.5. The molecule has 0 saturated heterocycles. The lowest BCUT2D eigenvalue weighted by Gasteiger charge is -2.28. The summed E-state index contributed by atoms with van der Waals surface area (Å²) in [7, 11) is 4.49. The predicted octanol–water partition coefficient (Wildman–Crippen LogP) is 5.68. The molecule has 0 spiro atoms. The molecule has 5 atom stereocenters. The Morgan fingerprint density at radius 2 is 1.46 bits per heavy atom. The van der Waals surface area contributed by atoms with Gasteiger partial charge in [-0.25, -0.2) is 4.79 Å². The molecule has 208 valence electrons. The molecule has 0 aromatic rings. The lowest BCUT2D eigenvalue weighted by atomic mass is 10.0. The number of carbonyl (C=O) groups excluding carboxylic acids is 1.